The lowest BCUT2D eigenvalue weighted by molar-refractivity contribution is 0.115. The minimum atomic E-state index is -0.177. The summed E-state index contributed by atoms with van der Waals surface area (Å²) < 4.78 is 0. The fourth-order valence-electron chi connectivity index (χ4n) is 2.64. The summed E-state index contributed by atoms with van der Waals surface area (Å²) in [6.07, 6.45) is 5.52. The molecule has 2 rings (SSSR count). The van der Waals surface area contributed by atoms with Gasteiger partial charge in [0.25, 0.3) is 0 Å². The monoisotopic (exact) mass is 233 g/mol. The van der Waals surface area contributed by atoms with Gasteiger partial charge in [0, 0.05) is 12.1 Å². The second kappa shape index (κ2) is 6.18. The molecule has 17 heavy (non-hydrogen) atoms. The summed E-state index contributed by atoms with van der Waals surface area (Å²) in [5.41, 5.74) is 1.30. The fraction of sp³-hybridized carbons (Fsp3) is 0.600. The van der Waals surface area contributed by atoms with Crippen LogP contribution in [0.5, 0.6) is 0 Å². The average Bonchev–Trinajstić information content (AvgIpc) is 2.56. The molecular weight excluding hydrogens is 210 g/mol. The van der Waals surface area contributed by atoms with Crippen molar-refractivity contribution in [2.45, 2.75) is 57.2 Å². The molecule has 3 atom stereocenters. The molecule has 1 aromatic carbocycles. The van der Waals surface area contributed by atoms with Crippen molar-refractivity contribution >= 4 is 0 Å². The van der Waals surface area contributed by atoms with Crippen LogP contribution in [0.1, 0.15) is 50.6 Å². The number of rotatable bonds is 3. The van der Waals surface area contributed by atoms with Crippen molar-refractivity contribution in [3.63, 3.8) is 0 Å². The summed E-state index contributed by atoms with van der Waals surface area (Å²) in [6.45, 7) is 2.17. The zero-order valence-electron chi connectivity index (χ0n) is 10.6. The van der Waals surface area contributed by atoms with Crippen LogP contribution in [0.25, 0.3) is 0 Å². The molecule has 0 heterocycles. The summed E-state index contributed by atoms with van der Waals surface area (Å²) >= 11 is 0. The van der Waals surface area contributed by atoms with Gasteiger partial charge in [0.15, 0.2) is 0 Å². The normalized spacial score (nSPS) is 27.4. The van der Waals surface area contributed by atoms with Crippen molar-refractivity contribution in [1.82, 2.24) is 5.32 Å². The molecule has 0 aromatic heterocycles. The minimum absolute atomic E-state index is 0.177. The van der Waals surface area contributed by atoms with Crippen LogP contribution < -0.4 is 5.32 Å². The molecule has 2 heteroatoms. The maximum atomic E-state index is 10.1. The maximum absolute atomic E-state index is 10.1. The van der Waals surface area contributed by atoms with Crippen LogP contribution in [0.4, 0.5) is 0 Å². The molecule has 0 amide bonds. The highest BCUT2D eigenvalue weighted by molar-refractivity contribution is 5.18. The minimum Gasteiger partial charge on any atom is -0.392 e. The Bertz CT molecular complexity index is 325. The highest BCUT2D eigenvalue weighted by atomic mass is 16.3. The number of hydrogen-bond donors (Lipinski definition) is 2. The van der Waals surface area contributed by atoms with Crippen molar-refractivity contribution in [1.29, 1.82) is 0 Å². The predicted octanol–water partition coefficient (Wildman–Crippen LogP) is 3.03. The highest BCUT2D eigenvalue weighted by Gasteiger charge is 2.22. The van der Waals surface area contributed by atoms with Gasteiger partial charge in [-0.25, -0.2) is 0 Å². The first kappa shape index (κ1) is 12.6. The van der Waals surface area contributed by atoms with Crippen molar-refractivity contribution in [3.8, 4) is 0 Å². The smallest absolute Gasteiger partial charge is 0.0693 e. The van der Waals surface area contributed by atoms with Gasteiger partial charge in [0.1, 0.15) is 0 Å². The maximum Gasteiger partial charge on any atom is 0.0693 e. The molecule has 2 N–H and O–H groups in total. The third-order valence-corrected chi connectivity index (χ3v) is 3.74. The van der Waals surface area contributed by atoms with E-state index in [2.05, 4.69) is 36.5 Å². The summed E-state index contributed by atoms with van der Waals surface area (Å²) in [5.74, 6) is 0. The van der Waals surface area contributed by atoms with Crippen molar-refractivity contribution < 1.29 is 5.11 Å². The Hall–Kier alpha value is -0.860. The van der Waals surface area contributed by atoms with Gasteiger partial charge < -0.3 is 10.4 Å². The molecule has 0 aliphatic heterocycles. The summed E-state index contributed by atoms with van der Waals surface area (Å²) in [6, 6.07) is 11.0. The number of aliphatic hydroxyl groups is 1. The lowest BCUT2D eigenvalue weighted by Crippen LogP contribution is -2.40. The largest absolute Gasteiger partial charge is 0.392 e. The molecule has 0 saturated heterocycles. The molecule has 1 aromatic rings. The zero-order chi connectivity index (χ0) is 12.1. The van der Waals surface area contributed by atoms with Crippen LogP contribution in [-0.4, -0.2) is 17.3 Å². The third kappa shape index (κ3) is 3.55. The molecule has 0 bridgehead atoms. The Labute approximate surface area is 104 Å². The Kier molecular flexibility index (Phi) is 4.57. The van der Waals surface area contributed by atoms with Crippen LogP contribution in [-0.2, 0) is 0 Å². The Balaban J connectivity index is 1.95. The number of nitrogens with one attached hydrogen (secondary N) is 1. The standard InChI is InChI=1S/C15H23NO/c1-12(13-8-4-2-5-9-13)16-14-10-6-3-7-11-15(14)17/h2,4-5,8-9,12,14-17H,3,6-7,10-11H2,1H3/t12-,14?,15?/m1/s1. The number of aliphatic hydroxyl groups excluding tert-OH is 1. The van der Waals surface area contributed by atoms with Gasteiger partial charge >= 0.3 is 0 Å². The topological polar surface area (TPSA) is 32.3 Å². The van der Waals surface area contributed by atoms with E-state index in [1.54, 1.807) is 0 Å². The van der Waals surface area contributed by atoms with Gasteiger partial charge in [-0.15, -0.1) is 0 Å². The highest BCUT2D eigenvalue weighted by Crippen LogP contribution is 2.21. The van der Waals surface area contributed by atoms with Gasteiger partial charge in [-0.2, -0.15) is 0 Å². The van der Waals surface area contributed by atoms with Crippen LogP contribution in [0.3, 0.4) is 0 Å². The van der Waals surface area contributed by atoms with E-state index in [-0.39, 0.29) is 12.1 Å². The molecule has 1 fully saturated rings. The van der Waals surface area contributed by atoms with Gasteiger partial charge in [-0.05, 0) is 25.3 Å². The average molecular weight is 233 g/mol. The predicted molar refractivity (Wildman–Crippen MR) is 70.9 cm³/mol. The van der Waals surface area contributed by atoms with E-state index < -0.39 is 0 Å². The Morgan fingerprint density at radius 1 is 1.12 bits per heavy atom. The second-order valence-corrected chi connectivity index (χ2v) is 5.11. The molecule has 1 aliphatic rings. The summed E-state index contributed by atoms with van der Waals surface area (Å²) in [5, 5.41) is 13.7. The molecule has 0 radical (unpaired) electrons. The molecule has 94 valence electrons. The lowest BCUT2D eigenvalue weighted by atomic mass is 10.0. The van der Waals surface area contributed by atoms with Crippen molar-refractivity contribution in [2.75, 3.05) is 0 Å². The van der Waals surface area contributed by atoms with Crippen LogP contribution in [0.15, 0.2) is 30.3 Å². The quantitative estimate of drug-likeness (QED) is 0.787. The fourth-order valence-corrected chi connectivity index (χ4v) is 2.64. The van der Waals surface area contributed by atoms with Crippen LogP contribution in [0.2, 0.25) is 0 Å². The third-order valence-electron chi connectivity index (χ3n) is 3.74. The van der Waals surface area contributed by atoms with E-state index in [4.69, 9.17) is 0 Å². The van der Waals surface area contributed by atoms with E-state index >= 15 is 0 Å². The van der Waals surface area contributed by atoms with Crippen LogP contribution in [0, 0.1) is 0 Å². The summed E-state index contributed by atoms with van der Waals surface area (Å²) in [4.78, 5) is 0. The van der Waals surface area contributed by atoms with Gasteiger partial charge in [0.05, 0.1) is 6.10 Å². The van der Waals surface area contributed by atoms with E-state index in [0.29, 0.717) is 6.04 Å². The Morgan fingerprint density at radius 3 is 2.59 bits per heavy atom. The first-order valence-electron chi connectivity index (χ1n) is 6.76. The first-order valence-corrected chi connectivity index (χ1v) is 6.76. The lowest BCUT2D eigenvalue weighted by Gasteiger charge is -2.26. The first-order chi connectivity index (χ1) is 8.27. The van der Waals surface area contributed by atoms with Crippen LogP contribution >= 0.6 is 0 Å². The molecule has 2 nitrogen and oxygen atoms in total. The van der Waals surface area contributed by atoms with Gasteiger partial charge in [-0.3, -0.25) is 0 Å². The van der Waals surface area contributed by atoms with E-state index in [1.165, 1.54) is 24.8 Å². The molecule has 0 spiro atoms. The molecule has 2 unspecified atom stereocenters. The zero-order valence-corrected chi connectivity index (χ0v) is 10.6. The molecule has 1 aliphatic carbocycles. The van der Waals surface area contributed by atoms with E-state index in [1.807, 2.05) is 6.07 Å². The van der Waals surface area contributed by atoms with Crippen molar-refractivity contribution in [2.24, 2.45) is 0 Å². The van der Waals surface area contributed by atoms with Gasteiger partial charge in [0.2, 0.25) is 0 Å². The summed E-state index contributed by atoms with van der Waals surface area (Å²) in [7, 11) is 0. The SMILES string of the molecule is C[C@@H](NC1CCCCCC1O)c1ccccc1. The molecule has 1 saturated carbocycles. The van der Waals surface area contributed by atoms with E-state index in [0.717, 1.165) is 12.8 Å². The van der Waals surface area contributed by atoms with E-state index in [9.17, 15) is 5.11 Å². The van der Waals surface area contributed by atoms with Gasteiger partial charge in [-0.1, -0.05) is 49.6 Å². The molecular formula is C15H23NO. The Morgan fingerprint density at radius 2 is 1.82 bits per heavy atom. The number of benzene rings is 1. The second-order valence-electron chi connectivity index (χ2n) is 5.11. The number of hydrogen-bond acceptors (Lipinski definition) is 2. The van der Waals surface area contributed by atoms with Crippen molar-refractivity contribution in [3.05, 3.63) is 35.9 Å².